The molecule has 3 amide bonds. The van der Waals surface area contributed by atoms with E-state index in [4.69, 9.17) is 14.5 Å². The van der Waals surface area contributed by atoms with E-state index in [0.717, 1.165) is 28.3 Å². The Balaban J connectivity index is 1.40. The number of urea groups is 1. The zero-order chi connectivity index (χ0) is 28.5. The number of nitrogens with zero attached hydrogens (tertiary/aromatic N) is 2. The van der Waals surface area contributed by atoms with E-state index in [1.165, 1.54) is 11.3 Å². The molecule has 2 heterocycles. The van der Waals surface area contributed by atoms with Gasteiger partial charge >= 0.3 is 6.03 Å². The molecule has 40 heavy (non-hydrogen) atoms. The summed E-state index contributed by atoms with van der Waals surface area (Å²) >= 11 is 1.43. The lowest BCUT2D eigenvalue weighted by Crippen LogP contribution is -2.57. The van der Waals surface area contributed by atoms with Gasteiger partial charge in [-0.3, -0.25) is 10.1 Å². The van der Waals surface area contributed by atoms with E-state index in [1.54, 1.807) is 12.0 Å². The second kappa shape index (κ2) is 11.6. The normalized spacial score (nSPS) is 29.7. The molecule has 1 saturated heterocycles. The van der Waals surface area contributed by atoms with E-state index < -0.39 is 11.5 Å². The molecule has 218 valence electrons. The van der Waals surface area contributed by atoms with Gasteiger partial charge in [0, 0.05) is 42.3 Å². The van der Waals surface area contributed by atoms with E-state index in [0.29, 0.717) is 50.8 Å². The van der Waals surface area contributed by atoms with Crippen LogP contribution >= 0.6 is 11.3 Å². The smallest absolute Gasteiger partial charge is 0.323 e. The summed E-state index contributed by atoms with van der Waals surface area (Å²) in [6, 6.07) is 7.38. The molecule has 5 unspecified atom stereocenters. The Hall–Kier alpha value is -2.73. The summed E-state index contributed by atoms with van der Waals surface area (Å²) in [6.07, 6.45) is 1.50. The standard InChI is InChI=1S/C29H40N4O6S/c1-28-9-8-23(35)29(2,17-34)22(28)15-21-25(31-26(40-21)32-27(37)33-10-12-39-13-11-33)20(28)14-24(36)30-16-18-4-6-19(38-3)7-5-18/h4-7,20,22-23,34-35H,8-17H2,1-3H3,(H,30,36)(H,31,32,37). The average Bonchev–Trinajstić information content (AvgIpc) is 3.37. The summed E-state index contributed by atoms with van der Waals surface area (Å²) in [7, 11) is 1.62. The number of aliphatic hydroxyl groups excluding tert-OH is 2. The highest BCUT2D eigenvalue weighted by atomic mass is 32.1. The van der Waals surface area contributed by atoms with Crippen LogP contribution in [-0.2, 0) is 22.5 Å². The van der Waals surface area contributed by atoms with E-state index in [2.05, 4.69) is 17.6 Å². The topological polar surface area (TPSA) is 133 Å². The number of hydrogen-bond donors (Lipinski definition) is 4. The largest absolute Gasteiger partial charge is 0.497 e. The van der Waals surface area contributed by atoms with Crippen molar-refractivity contribution in [1.29, 1.82) is 0 Å². The third kappa shape index (κ3) is 5.44. The van der Waals surface area contributed by atoms with E-state index >= 15 is 0 Å². The molecular formula is C29H40N4O6S. The number of ether oxygens (including phenoxy) is 2. The molecule has 0 bridgehead atoms. The minimum Gasteiger partial charge on any atom is -0.497 e. The maximum atomic E-state index is 13.4. The SMILES string of the molecule is COc1ccc(CNC(=O)CC2c3nc(NC(=O)N4CCOCC4)sc3CC3C(C)(CO)C(O)CCC23C)cc1. The summed E-state index contributed by atoms with van der Waals surface area (Å²) in [5.41, 5.74) is 0.750. The number of fused-ring (bicyclic) bond motifs is 2. The van der Waals surface area contributed by atoms with Gasteiger partial charge in [-0.15, -0.1) is 11.3 Å². The molecule has 1 aromatic carbocycles. The molecule has 4 N–H and O–H groups in total. The fourth-order valence-electron chi connectivity index (χ4n) is 6.84. The van der Waals surface area contributed by atoms with Crippen molar-refractivity contribution in [3.8, 4) is 5.75 Å². The molecule has 2 aliphatic carbocycles. The predicted molar refractivity (Wildman–Crippen MR) is 151 cm³/mol. The van der Waals surface area contributed by atoms with Crippen molar-refractivity contribution in [1.82, 2.24) is 15.2 Å². The van der Waals surface area contributed by atoms with Gasteiger partial charge < -0.3 is 29.9 Å². The first kappa shape index (κ1) is 28.8. The van der Waals surface area contributed by atoms with Crippen molar-refractivity contribution in [3.63, 3.8) is 0 Å². The number of carbonyl (C=O) groups is 2. The van der Waals surface area contributed by atoms with Crippen LogP contribution in [0.5, 0.6) is 5.75 Å². The molecule has 1 aromatic heterocycles. The molecule has 1 saturated carbocycles. The van der Waals surface area contributed by atoms with Gasteiger partial charge in [0.15, 0.2) is 5.13 Å². The molecule has 3 aliphatic rings. The van der Waals surface area contributed by atoms with Gasteiger partial charge in [-0.25, -0.2) is 9.78 Å². The number of morpholine rings is 1. The van der Waals surface area contributed by atoms with Crippen LogP contribution in [0.3, 0.4) is 0 Å². The molecule has 0 spiro atoms. The zero-order valence-corrected chi connectivity index (χ0v) is 24.3. The molecule has 5 atom stereocenters. The van der Waals surface area contributed by atoms with E-state index in [1.807, 2.05) is 31.2 Å². The summed E-state index contributed by atoms with van der Waals surface area (Å²) in [4.78, 5) is 33.9. The molecular weight excluding hydrogens is 532 g/mol. The highest BCUT2D eigenvalue weighted by molar-refractivity contribution is 7.15. The molecule has 5 rings (SSSR count). The van der Waals surface area contributed by atoms with Crippen molar-refractivity contribution in [2.45, 2.75) is 58.1 Å². The molecule has 10 nitrogen and oxygen atoms in total. The number of anilines is 1. The van der Waals surface area contributed by atoms with Crippen molar-refractivity contribution >= 4 is 28.4 Å². The summed E-state index contributed by atoms with van der Waals surface area (Å²) in [5.74, 6) is 0.400. The Morgan fingerprint density at radius 3 is 2.62 bits per heavy atom. The maximum Gasteiger partial charge on any atom is 0.323 e. The Kier molecular flexibility index (Phi) is 8.37. The minimum absolute atomic E-state index is 0.0520. The minimum atomic E-state index is -0.705. The number of amides is 3. The van der Waals surface area contributed by atoms with Crippen LogP contribution in [0.1, 0.15) is 55.2 Å². The lowest BCUT2D eigenvalue weighted by Gasteiger charge is -2.58. The fourth-order valence-corrected chi connectivity index (χ4v) is 7.90. The molecule has 2 aromatic rings. The Labute approximate surface area is 239 Å². The second-order valence-corrected chi connectivity index (χ2v) is 12.8. The number of nitrogens with one attached hydrogen (secondary N) is 2. The average molecular weight is 573 g/mol. The van der Waals surface area contributed by atoms with Gasteiger partial charge in [-0.1, -0.05) is 26.0 Å². The lowest BCUT2D eigenvalue weighted by atomic mass is 9.47. The monoisotopic (exact) mass is 572 g/mol. The van der Waals surface area contributed by atoms with Crippen LogP contribution in [0.2, 0.25) is 0 Å². The number of benzene rings is 1. The lowest BCUT2D eigenvalue weighted by molar-refractivity contribution is -0.144. The van der Waals surface area contributed by atoms with E-state index in [9.17, 15) is 19.8 Å². The first-order valence-electron chi connectivity index (χ1n) is 14.0. The number of thiazole rings is 1. The number of methoxy groups -OCH3 is 1. The highest BCUT2D eigenvalue weighted by Gasteiger charge is 2.59. The number of rotatable bonds is 7. The van der Waals surface area contributed by atoms with E-state index in [-0.39, 0.29) is 42.2 Å². The Bertz CT molecular complexity index is 1220. The van der Waals surface area contributed by atoms with Crippen LogP contribution in [0.4, 0.5) is 9.93 Å². The van der Waals surface area contributed by atoms with Gasteiger partial charge in [-0.2, -0.15) is 0 Å². The van der Waals surface area contributed by atoms with Crippen LogP contribution in [-0.4, -0.2) is 78.2 Å². The van der Waals surface area contributed by atoms with Gasteiger partial charge in [0.1, 0.15) is 5.75 Å². The van der Waals surface area contributed by atoms with Gasteiger partial charge in [-0.05, 0) is 48.3 Å². The number of aliphatic hydroxyl groups is 2. The van der Waals surface area contributed by atoms with Crippen LogP contribution in [0.15, 0.2) is 24.3 Å². The maximum absolute atomic E-state index is 13.4. The quantitative estimate of drug-likeness (QED) is 0.401. The van der Waals surface area contributed by atoms with Gasteiger partial charge in [0.25, 0.3) is 0 Å². The zero-order valence-electron chi connectivity index (χ0n) is 23.4. The predicted octanol–water partition coefficient (Wildman–Crippen LogP) is 3.14. The Morgan fingerprint density at radius 2 is 1.95 bits per heavy atom. The summed E-state index contributed by atoms with van der Waals surface area (Å²) in [6.45, 7) is 6.46. The Morgan fingerprint density at radius 1 is 1.23 bits per heavy atom. The van der Waals surface area contributed by atoms with Crippen LogP contribution in [0, 0.1) is 16.7 Å². The number of aromatic nitrogens is 1. The van der Waals surface area contributed by atoms with Gasteiger partial charge in [0.2, 0.25) is 5.91 Å². The molecule has 11 heteroatoms. The second-order valence-electron chi connectivity index (χ2n) is 11.7. The fraction of sp³-hybridized carbons (Fsp3) is 0.621. The number of hydrogen-bond acceptors (Lipinski definition) is 8. The third-order valence-electron chi connectivity index (χ3n) is 9.44. The first-order chi connectivity index (χ1) is 19.2. The molecule has 1 aliphatic heterocycles. The van der Waals surface area contributed by atoms with Crippen molar-refractivity contribution < 1.29 is 29.3 Å². The third-order valence-corrected chi connectivity index (χ3v) is 10.5. The first-order valence-corrected chi connectivity index (χ1v) is 14.8. The van der Waals surface area contributed by atoms with Gasteiger partial charge in [0.05, 0.1) is 38.7 Å². The van der Waals surface area contributed by atoms with Crippen molar-refractivity contribution in [3.05, 3.63) is 40.4 Å². The van der Waals surface area contributed by atoms with Crippen molar-refractivity contribution in [2.24, 2.45) is 16.7 Å². The van der Waals surface area contributed by atoms with Crippen molar-refractivity contribution in [2.75, 3.05) is 45.3 Å². The summed E-state index contributed by atoms with van der Waals surface area (Å²) < 4.78 is 10.6. The van der Waals surface area contributed by atoms with Crippen LogP contribution < -0.4 is 15.4 Å². The van der Waals surface area contributed by atoms with Crippen LogP contribution in [0.25, 0.3) is 0 Å². The number of carbonyl (C=O) groups excluding carboxylic acids is 2. The molecule has 0 radical (unpaired) electrons. The summed E-state index contributed by atoms with van der Waals surface area (Å²) in [5, 5.41) is 28.0. The molecule has 2 fully saturated rings. The highest BCUT2D eigenvalue weighted by Crippen LogP contribution is 2.62.